The zero-order chi connectivity index (χ0) is 13.6. The Balaban J connectivity index is 2.42. The summed E-state index contributed by atoms with van der Waals surface area (Å²) in [6, 6.07) is 7.96. The van der Waals surface area contributed by atoms with Gasteiger partial charge in [0, 0.05) is 5.69 Å². The molecule has 5 nitrogen and oxygen atoms in total. The van der Waals surface area contributed by atoms with Gasteiger partial charge in [-0.3, -0.25) is 9.36 Å². The number of aryl methyl sites for hydroxylation is 3. The molecule has 0 bridgehead atoms. The minimum Gasteiger partial charge on any atom is -0.309 e. The SMILES string of the molecule is Cc1cccc(-n2c(C)nc3nc(C)[nH]c(=O)c32)c1. The average molecular weight is 254 g/mol. The third-order valence-corrected chi connectivity index (χ3v) is 3.07. The quantitative estimate of drug-likeness (QED) is 0.722. The average Bonchev–Trinajstić information content (AvgIpc) is 2.65. The first-order valence-corrected chi connectivity index (χ1v) is 6.09. The number of aromatic nitrogens is 4. The predicted octanol–water partition coefficient (Wildman–Crippen LogP) is 2.03. The molecule has 0 aliphatic carbocycles. The van der Waals surface area contributed by atoms with Crippen LogP contribution in [0, 0.1) is 20.8 Å². The second-order valence-corrected chi connectivity index (χ2v) is 4.66. The van der Waals surface area contributed by atoms with E-state index in [2.05, 4.69) is 15.0 Å². The van der Waals surface area contributed by atoms with Gasteiger partial charge in [0.2, 0.25) is 0 Å². The second kappa shape index (κ2) is 4.05. The molecule has 1 N–H and O–H groups in total. The van der Waals surface area contributed by atoms with Crippen LogP contribution in [-0.2, 0) is 0 Å². The van der Waals surface area contributed by atoms with Gasteiger partial charge in [-0.25, -0.2) is 9.97 Å². The molecule has 1 aromatic carbocycles. The van der Waals surface area contributed by atoms with Crippen molar-refractivity contribution in [3.63, 3.8) is 0 Å². The molecule has 0 atom stereocenters. The normalized spacial score (nSPS) is 11.1. The first-order valence-electron chi connectivity index (χ1n) is 6.09. The third kappa shape index (κ3) is 1.83. The highest BCUT2D eigenvalue weighted by Crippen LogP contribution is 2.18. The number of benzene rings is 1. The van der Waals surface area contributed by atoms with Crippen molar-refractivity contribution in [2.45, 2.75) is 20.8 Å². The molecule has 0 unspecified atom stereocenters. The Hall–Kier alpha value is -2.43. The van der Waals surface area contributed by atoms with Gasteiger partial charge in [-0.2, -0.15) is 0 Å². The monoisotopic (exact) mass is 254 g/mol. The maximum Gasteiger partial charge on any atom is 0.277 e. The lowest BCUT2D eigenvalue weighted by Crippen LogP contribution is -2.13. The van der Waals surface area contributed by atoms with Crippen LogP contribution in [0.5, 0.6) is 0 Å². The number of aromatic amines is 1. The van der Waals surface area contributed by atoms with Gasteiger partial charge in [0.1, 0.15) is 11.6 Å². The molecule has 0 aliphatic rings. The van der Waals surface area contributed by atoms with Gasteiger partial charge < -0.3 is 4.98 Å². The molecule has 0 radical (unpaired) electrons. The van der Waals surface area contributed by atoms with E-state index in [1.165, 1.54) is 0 Å². The lowest BCUT2D eigenvalue weighted by Gasteiger charge is -2.06. The number of hydrogen-bond acceptors (Lipinski definition) is 3. The molecule has 0 fully saturated rings. The smallest absolute Gasteiger partial charge is 0.277 e. The fraction of sp³-hybridized carbons (Fsp3) is 0.214. The number of imidazole rings is 1. The summed E-state index contributed by atoms with van der Waals surface area (Å²) in [5, 5.41) is 0. The first kappa shape index (κ1) is 11.6. The van der Waals surface area contributed by atoms with E-state index in [1.807, 2.05) is 42.7 Å². The number of H-pyrrole nitrogens is 1. The Morgan fingerprint density at radius 1 is 1.16 bits per heavy atom. The minimum absolute atomic E-state index is 0.162. The Morgan fingerprint density at radius 2 is 1.95 bits per heavy atom. The van der Waals surface area contributed by atoms with Crippen LogP contribution in [0.3, 0.4) is 0 Å². The van der Waals surface area contributed by atoms with E-state index >= 15 is 0 Å². The summed E-state index contributed by atoms with van der Waals surface area (Å²) in [5.74, 6) is 1.33. The van der Waals surface area contributed by atoms with Gasteiger partial charge in [-0.1, -0.05) is 12.1 Å². The maximum absolute atomic E-state index is 12.1. The van der Waals surface area contributed by atoms with Crippen LogP contribution in [0.25, 0.3) is 16.9 Å². The summed E-state index contributed by atoms with van der Waals surface area (Å²) in [7, 11) is 0. The van der Waals surface area contributed by atoms with Crippen molar-refractivity contribution in [3.8, 4) is 5.69 Å². The van der Waals surface area contributed by atoms with Crippen LogP contribution in [0.4, 0.5) is 0 Å². The number of nitrogens with one attached hydrogen (secondary N) is 1. The topological polar surface area (TPSA) is 63.6 Å². The fourth-order valence-electron chi connectivity index (χ4n) is 2.29. The highest BCUT2D eigenvalue weighted by atomic mass is 16.1. The van der Waals surface area contributed by atoms with Gasteiger partial charge in [0.05, 0.1) is 0 Å². The summed E-state index contributed by atoms with van der Waals surface area (Å²) in [5.41, 5.74) is 2.88. The van der Waals surface area contributed by atoms with Crippen LogP contribution >= 0.6 is 0 Å². The van der Waals surface area contributed by atoms with Crippen molar-refractivity contribution in [1.82, 2.24) is 19.5 Å². The van der Waals surface area contributed by atoms with Gasteiger partial charge >= 0.3 is 0 Å². The molecule has 3 rings (SSSR count). The van der Waals surface area contributed by atoms with Gasteiger partial charge in [0.25, 0.3) is 5.56 Å². The Kier molecular flexibility index (Phi) is 2.48. The summed E-state index contributed by atoms with van der Waals surface area (Å²) >= 11 is 0. The first-order chi connectivity index (χ1) is 9.06. The van der Waals surface area contributed by atoms with Crippen LogP contribution in [-0.4, -0.2) is 19.5 Å². The Bertz CT molecular complexity index is 829. The zero-order valence-corrected chi connectivity index (χ0v) is 11.1. The van der Waals surface area contributed by atoms with E-state index in [0.717, 1.165) is 17.1 Å². The molecular formula is C14H14N4O. The molecule has 19 heavy (non-hydrogen) atoms. The van der Waals surface area contributed by atoms with Crippen LogP contribution in [0.15, 0.2) is 29.1 Å². The lowest BCUT2D eigenvalue weighted by atomic mass is 10.2. The van der Waals surface area contributed by atoms with E-state index in [1.54, 1.807) is 6.92 Å². The standard InChI is InChI=1S/C14H14N4O/c1-8-5-4-6-11(7-8)18-10(3)17-13-12(18)14(19)16-9(2)15-13/h4-7H,1-3H3,(H,15,16,19). The molecular weight excluding hydrogens is 240 g/mol. The highest BCUT2D eigenvalue weighted by Gasteiger charge is 2.14. The molecule has 96 valence electrons. The molecule has 5 heteroatoms. The summed E-state index contributed by atoms with van der Waals surface area (Å²) in [6.07, 6.45) is 0. The molecule has 3 aromatic rings. The molecule has 0 amide bonds. The molecule has 0 spiro atoms. The molecule has 2 heterocycles. The summed E-state index contributed by atoms with van der Waals surface area (Å²) < 4.78 is 1.84. The minimum atomic E-state index is -0.162. The zero-order valence-electron chi connectivity index (χ0n) is 11.1. The molecule has 0 aliphatic heterocycles. The van der Waals surface area contributed by atoms with Crippen LogP contribution in [0.1, 0.15) is 17.2 Å². The second-order valence-electron chi connectivity index (χ2n) is 4.66. The number of rotatable bonds is 1. The van der Waals surface area contributed by atoms with E-state index in [0.29, 0.717) is 17.0 Å². The van der Waals surface area contributed by atoms with E-state index in [9.17, 15) is 4.79 Å². The van der Waals surface area contributed by atoms with Crippen molar-refractivity contribution < 1.29 is 0 Å². The van der Waals surface area contributed by atoms with Crippen molar-refractivity contribution in [3.05, 3.63) is 51.8 Å². The molecule has 2 aromatic heterocycles. The van der Waals surface area contributed by atoms with Crippen molar-refractivity contribution >= 4 is 11.2 Å². The Morgan fingerprint density at radius 3 is 2.68 bits per heavy atom. The number of fused-ring (bicyclic) bond motifs is 1. The van der Waals surface area contributed by atoms with Gasteiger partial charge in [-0.05, 0) is 38.5 Å². The largest absolute Gasteiger partial charge is 0.309 e. The number of nitrogens with zero attached hydrogens (tertiary/aromatic N) is 3. The summed E-state index contributed by atoms with van der Waals surface area (Å²) in [4.78, 5) is 23.5. The van der Waals surface area contributed by atoms with Gasteiger partial charge in [-0.15, -0.1) is 0 Å². The fourth-order valence-corrected chi connectivity index (χ4v) is 2.29. The van der Waals surface area contributed by atoms with E-state index < -0.39 is 0 Å². The van der Waals surface area contributed by atoms with Crippen molar-refractivity contribution in [1.29, 1.82) is 0 Å². The lowest BCUT2D eigenvalue weighted by molar-refractivity contribution is 0.988. The van der Waals surface area contributed by atoms with Gasteiger partial charge in [0.15, 0.2) is 11.2 Å². The van der Waals surface area contributed by atoms with Crippen LogP contribution < -0.4 is 5.56 Å². The van der Waals surface area contributed by atoms with Crippen molar-refractivity contribution in [2.24, 2.45) is 0 Å². The van der Waals surface area contributed by atoms with Crippen LogP contribution in [0.2, 0.25) is 0 Å². The maximum atomic E-state index is 12.1. The van der Waals surface area contributed by atoms with E-state index in [-0.39, 0.29) is 5.56 Å². The highest BCUT2D eigenvalue weighted by molar-refractivity contribution is 5.73. The third-order valence-electron chi connectivity index (χ3n) is 3.07. The summed E-state index contributed by atoms with van der Waals surface area (Å²) in [6.45, 7) is 5.64. The van der Waals surface area contributed by atoms with E-state index in [4.69, 9.17) is 0 Å². The molecule has 0 saturated carbocycles. The van der Waals surface area contributed by atoms with Crippen molar-refractivity contribution in [2.75, 3.05) is 0 Å². The Labute approximate surface area is 110 Å². The number of hydrogen-bond donors (Lipinski definition) is 1. The molecule has 0 saturated heterocycles. The predicted molar refractivity (Wildman–Crippen MR) is 73.7 cm³/mol.